The maximum absolute atomic E-state index is 13.3. The molecular formula is C13H12BrFN2O. The van der Waals surface area contributed by atoms with Crippen LogP contribution >= 0.6 is 15.9 Å². The van der Waals surface area contributed by atoms with E-state index in [-0.39, 0.29) is 5.91 Å². The Morgan fingerprint density at radius 1 is 1.33 bits per heavy atom. The molecule has 0 aliphatic rings. The molecule has 0 fully saturated rings. The summed E-state index contributed by atoms with van der Waals surface area (Å²) in [6.45, 7) is 1.20. The fraction of sp³-hybridized carbons (Fsp3) is 0.154. The van der Waals surface area contributed by atoms with Crippen LogP contribution in [-0.4, -0.2) is 17.0 Å². The molecule has 0 saturated heterocycles. The van der Waals surface area contributed by atoms with Gasteiger partial charge in [0.2, 0.25) is 0 Å². The molecule has 0 atom stereocenters. The maximum Gasteiger partial charge on any atom is 0.251 e. The standard InChI is InChI=1S/C13H12BrFN2O/c14-11-4-3-10(9-12(11)15)13(18)16-5-8-17-6-1-2-7-17/h1-4,6-7,9H,5,8H2,(H,16,18). The molecule has 18 heavy (non-hydrogen) atoms. The summed E-state index contributed by atoms with van der Waals surface area (Å²) in [6.07, 6.45) is 3.84. The van der Waals surface area contributed by atoms with Crippen LogP contribution < -0.4 is 5.32 Å². The Bertz CT molecular complexity index is 540. The van der Waals surface area contributed by atoms with Gasteiger partial charge in [0.15, 0.2) is 0 Å². The van der Waals surface area contributed by atoms with Crippen molar-refractivity contribution in [3.63, 3.8) is 0 Å². The molecule has 1 N–H and O–H groups in total. The van der Waals surface area contributed by atoms with Crippen molar-refractivity contribution < 1.29 is 9.18 Å². The highest BCUT2D eigenvalue weighted by atomic mass is 79.9. The van der Waals surface area contributed by atoms with E-state index < -0.39 is 5.82 Å². The van der Waals surface area contributed by atoms with E-state index in [4.69, 9.17) is 0 Å². The van der Waals surface area contributed by atoms with Gasteiger partial charge >= 0.3 is 0 Å². The highest BCUT2D eigenvalue weighted by molar-refractivity contribution is 9.10. The van der Waals surface area contributed by atoms with Crippen molar-refractivity contribution in [3.8, 4) is 0 Å². The Balaban J connectivity index is 1.89. The van der Waals surface area contributed by atoms with E-state index in [1.165, 1.54) is 12.1 Å². The van der Waals surface area contributed by atoms with E-state index >= 15 is 0 Å². The van der Waals surface area contributed by atoms with E-state index in [9.17, 15) is 9.18 Å². The normalized spacial score (nSPS) is 10.3. The number of rotatable bonds is 4. The first-order valence-electron chi connectivity index (χ1n) is 5.51. The van der Waals surface area contributed by atoms with Crippen LogP contribution in [0.4, 0.5) is 4.39 Å². The minimum Gasteiger partial charge on any atom is -0.353 e. The number of amides is 1. The molecule has 3 nitrogen and oxygen atoms in total. The van der Waals surface area contributed by atoms with Crippen molar-refractivity contribution in [1.82, 2.24) is 9.88 Å². The van der Waals surface area contributed by atoms with Gasteiger partial charge < -0.3 is 9.88 Å². The van der Waals surface area contributed by atoms with Gasteiger partial charge in [-0.25, -0.2) is 4.39 Å². The molecule has 1 amide bonds. The molecule has 0 aliphatic heterocycles. The van der Waals surface area contributed by atoms with Crippen molar-refractivity contribution in [1.29, 1.82) is 0 Å². The third-order valence-corrected chi connectivity index (χ3v) is 3.15. The first-order valence-corrected chi connectivity index (χ1v) is 6.30. The second-order valence-electron chi connectivity index (χ2n) is 3.81. The number of hydrogen-bond donors (Lipinski definition) is 1. The lowest BCUT2D eigenvalue weighted by molar-refractivity contribution is 0.0952. The van der Waals surface area contributed by atoms with Gasteiger partial charge in [-0.2, -0.15) is 0 Å². The number of nitrogens with one attached hydrogen (secondary N) is 1. The van der Waals surface area contributed by atoms with Crippen molar-refractivity contribution in [2.24, 2.45) is 0 Å². The van der Waals surface area contributed by atoms with Gasteiger partial charge in [-0.05, 0) is 46.3 Å². The topological polar surface area (TPSA) is 34.0 Å². The molecule has 2 aromatic rings. The zero-order valence-electron chi connectivity index (χ0n) is 9.57. The number of aromatic nitrogens is 1. The van der Waals surface area contributed by atoms with E-state index in [0.717, 1.165) is 0 Å². The van der Waals surface area contributed by atoms with E-state index in [1.807, 2.05) is 29.1 Å². The molecule has 1 aromatic carbocycles. The van der Waals surface area contributed by atoms with Crippen LogP contribution in [0.2, 0.25) is 0 Å². The second-order valence-corrected chi connectivity index (χ2v) is 4.66. The summed E-state index contributed by atoms with van der Waals surface area (Å²) < 4.78 is 15.6. The summed E-state index contributed by atoms with van der Waals surface area (Å²) in [4.78, 5) is 11.7. The van der Waals surface area contributed by atoms with Gasteiger partial charge in [-0.3, -0.25) is 4.79 Å². The summed E-state index contributed by atoms with van der Waals surface area (Å²) >= 11 is 3.05. The number of nitrogens with zero attached hydrogens (tertiary/aromatic N) is 1. The molecule has 0 radical (unpaired) electrons. The first-order chi connectivity index (χ1) is 8.66. The Morgan fingerprint density at radius 3 is 2.72 bits per heavy atom. The predicted octanol–water partition coefficient (Wildman–Crippen LogP) is 2.82. The number of benzene rings is 1. The SMILES string of the molecule is O=C(NCCn1cccc1)c1ccc(Br)c(F)c1. The lowest BCUT2D eigenvalue weighted by atomic mass is 10.2. The average molecular weight is 311 g/mol. The lowest BCUT2D eigenvalue weighted by Crippen LogP contribution is -2.27. The molecule has 5 heteroatoms. The highest BCUT2D eigenvalue weighted by Gasteiger charge is 2.07. The maximum atomic E-state index is 13.3. The van der Waals surface area contributed by atoms with E-state index in [2.05, 4.69) is 21.2 Å². The van der Waals surface area contributed by atoms with Crippen molar-refractivity contribution in [3.05, 3.63) is 58.6 Å². The monoisotopic (exact) mass is 310 g/mol. The molecule has 0 saturated carbocycles. The summed E-state index contributed by atoms with van der Waals surface area (Å²) in [5.41, 5.74) is 0.322. The fourth-order valence-corrected chi connectivity index (χ4v) is 1.80. The highest BCUT2D eigenvalue weighted by Crippen LogP contribution is 2.16. The molecular weight excluding hydrogens is 299 g/mol. The molecule has 2 rings (SSSR count). The Hall–Kier alpha value is -1.62. The van der Waals surface area contributed by atoms with Crippen LogP contribution in [0.15, 0.2) is 47.2 Å². The summed E-state index contributed by atoms with van der Waals surface area (Å²) in [5.74, 6) is -0.707. The molecule has 0 aliphatic carbocycles. The van der Waals surface area contributed by atoms with Crippen LogP contribution in [0.5, 0.6) is 0 Å². The number of halogens is 2. The lowest BCUT2D eigenvalue weighted by Gasteiger charge is -2.06. The quantitative estimate of drug-likeness (QED) is 0.925. The number of carbonyl (C=O) groups is 1. The number of hydrogen-bond acceptors (Lipinski definition) is 1. The molecule has 0 unspecified atom stereocenters. The molecule has 1 aromatic heterocycles. The predicted molar refractivity (Wildman–Crippen MR) is 70.9 cm³/mol. The third-order valence-electron chi connectivity index (χ3n) is 2.50. The summed E-state index contributed by atoms with van der Waals surface area (Å²) in [6, 6.07) is 8.17. The number of carbonyl (C=O) groups excluding carboxylic acids is 1. The third kappa shape index (κ3) is 3.20. The summed E-state index contributed by atoms with van der Waals surface area (Å²) in [5, 5.41) is 2.74. The molecule has 0 bridgehead atoms. The Labute approximate surface area is 113 Å². The zero-order valence-corrected chi connectivity index (χ0v) is 11.2. The van der Waals surface area contributed by atoms with Gasteiger partial charge in [-0.1, -0.05) is 0 Å². The second kappa shape index (κ2) is 5.82. The smallest absolute Gasteiger partial charge is 0.251 e. The van der Waals surface area contributed by atoms with Crippen molar-refractivity contribution in [2.75, 3.05) is 6.54 Å². The van der Waals surface area contributed by atoms with Gasteiger partial charge in [0.1, 0.15) is 5.82 Å². The van der Waals surface area contributed by atoms with Crippen molar-refractivity contribution in [2.45, 2.75) is 6.54 Å². The van der Waals surface area contributed by atoms with Gasteiger partial charge in [0.05, 0.1) is 4.47 Å². The van der Waals surface area contributed by atoms with Crippen LogP contribution in [0.25, 0.3) is 0 Å². The van der Waals surface area contributed by atoms with Crippen LogP contribution in [0.1, 0.15) is 10.4 Å². The summed E-state index contributed by atoms with van der Waals surface area (Å²) in [7, 11) is 0. The minimum absolute atomic E-state index is 0.270. The van der Waals surface area contributed by atoms with Gasteiger partial charge in [-0.15, -0.1) is 0 Å². The Kier molecular flexibility index (Phi) is 4.15. The van der Waals surface area contributed by atoms with Crippen LogP contribution in [0.3, 0.4) is 0 Å². The van der Waals surface area contributed by atoms with Gasteiger partial charge in [0, 0.05) is 31.0 Å². The van der Waals surface area contributed by atoms with Crippen molar-refractivity contribution >= 4 is 21.8 Å². The van der Waals surface area contributed by atoms with E-state index in [0.29, 0.717) is 23.1 Å². The minimum atomic E-state index is -0.437. The Morgan fingerprint density at radius 2 is 2.06 bits per heavy atom. The van der Waals surface area contributed by atoms with Crippen LogP contribution in [0, 0.1) is 5.82 Å². The molecule has 0 spiro atoms. The van der Waals surface area contributed by atoms with Gasteiger partial charge in [0.25, 0.3) is 5.91 Å². The van der Waals surface area contributed by atoms with Crippen LogP contribution in [-0.2, 0) is 6.54 Å². The molecule has 1 heterocycles. The zero-order chi connectivity index (χ0) is 13.0. The largest absolute Gasteiger partial charge is 0.353 e. The molecule has 94 valence electrons. The fourth-order valence-electron chi connectivity index (χ4n) is 1.56. The first kappa shape index (κ1) is 12.8. The average Bonchev–Trinajstić information content (AvgIpc) is 2.85. The van der Waals surface area contributed by atoms with E-state index in [1.54, 1.807) is 6.07 Å².